The molecule has 0 saturated carbocycles. The second-order valence-corrected chi connectivity index (χ2v) is 0.952. The van der Waals surface area contributed by atoms with Crippen molar-refractivity contribution >= 4 is 6.29 Å². The molecular formula is C4H6FNO. The second kappa shape index (κ2) is 3.33. The highest BCUT2D eigenvalue weighted by atomic mass is 19.1. The van der Waals surface area contributed by atoms with E-state index in [1.807, 2.05) is 0 Å². The van der Waals surface area contributed by atoms with Crippen molar-refractivity contribution in [3.8, 4) is 0 Å². The van der Waals surface area contributed by atoms with Gasteiger partial charge in [0.2, 0.25) is 0 Å². The third kappa shape index (κ3) is 5.14. The summed E-state index contributed by atoms with van der Waals surface area (Å²) in [7, 11) is 0. The number of aldehydes is 1. The second-order valence-electron chi connectivity index (χ2n) is 0.952. The Morgan fingerprint density at radius 2 is 2.57 bits per heavy atom. The predicted octanol–water partition coefficient (Wildman–Crippen LogP) is 0.216. The van der Waals surface area contributed by atoms with Gasteiger partial charge in [0.15, 0.2) is 5.95 Å². The van der Waals surface area contributed by atoms with E-state index in [2.05, 4.69) is 11.9 Å². The summed E-state index contributed by atoms with van der Waals surface area (Å²) in [5.74, 6) is -0.674. The number of carbonyl (C=O) groups is 1. The molecule has 0 atom stereocenters. The fourth-order valence-electron chi connectivity index (χ4n) is 0.152. The number of nitrogens with one attached hydrogen (secondary N) is 1. The normalized spacial score (nSPS) is 7.57. The molecule has 7 heavy (non-hydrogen) atoms. The molecule has 3 heteroatoms. The molecule has 0 heterocycles. The van der Waals surface area contributed by atoms with E-state index in [4.69, 9.17) is 0 Å². The Morgan fingerprint density at radius 1 is 2.00 bits per heavy atom. The van der Waals surface area contributed by atoms with Crippen LogP contribution in [0.15, 0.2) is 12.5 Å². The Labute approximate surface area is 41.0 Å². The lowest BCUT2D eigenvalue weighted by Gasteiger charge is -1.90. The smallest absolute Gasteiger partial charge is 0.180 e. The first kappa shape index (κ1) is 6.14. The van der Waals surface area contributed by atoms with Gasteiger partial charge in [-0.15, -0.1) is 0 Å². The van der Waals surface area contributed by atoms with Gasteiger partial charge in [-0.3, -0.25) is 0 Å². The summed E-state index contributed by atoms with van der Waals surface area (Å²) >= 11 is 0. The highest BCUT2D eigenvalue weighted by Crippen LogP contribution is 1.77. The lowest BCUT2D eigenvalue weighted by Crippen LogP contribution is -2.11. The minimum absolute atomic E-state index is 0.00463. The van der Waals surface area contributed by atoms with Gasteiger partial charge < -0.3 is 10.1 Å². The van der Waals surface area contributed by atoms with Gasteiger partial charge in [0.1, 0.15) is 6.29 Å². The maximum atomic E-state index is 11.4. The van der Waals surface area contributed by atoms with E-state index >= 15 is 0 Å². The third-order valence-electron chi connectivity index (χ3n) is 0.377. The molecule has 0 rings (SSSR count). The zero-order valence-electron chi connectivity index (χ0n) is 3.78. The van der Waals surface area contributed by atoms with Crippen LogP contribution in [0.5, 0.6) is 0 Å². The molecular weight excluding hydrogens is 97.0 g/mol. The summed E-state index contributed by atoms with van der Waals surface area (Å²) in [5, 5.41) is 2.07. The van der Waals surface area contributed by atoms with E-state index in [0.29, 0.717) is 6.29 Å². The Balaban J connectivity index is 2.97. The van der Waals surface area contributed by atoms with Gasteiger partial charge in [0, 0.05) is 0 Å². The van der Waals surface area contributed by atoms with Crippen LogP contribution >= 0.6 is 0 Å². The SMILES string of the molecule is C=C(F)NCC=O. The standard InChI is InChI=1S/C4H6FNO/c1-4(5)6-2-3-7/h3,6H,1-2H2. The summed E-state index contributed by atoms with van der Waals surface area (Å²) < 4.78 is 11.4. The molecule has 0 aromatic rings. The lowest BCUT2D eigenvalue weighted by atomic mass is 10.7. The number of carbonyl (C=O) groups excluding carboxylic acids is 1. The summed E-state index contributed by atoms with van der Waals surface area (Å²) in [5.41, 5.74) is 0. The first-order chi connectivity index (χ1) is 3.27. The van der Waals surface area contributed by atoms with Gasteiger partial charge in [-0.05, 0) is 6.58 Å². The van der Waals surface area contributed by atoms with E-state index in [1.54, 1.807) is 0 Å². The van der Waals surface area contributed by atoms with E-state index in [-0.39, 0.29) is 6.54 Å². The molecule has 0 radical (unpaired) electrons. The maximum absolute atomic E-state index is 11.4. The Morgan fingerprint density at radius 3 is 2.71 bits per heavy atom. The minimum atomic E-state index is -0.674. The van der Waals surface area contributed by atoms with E-state index in [0.717, 1.165) is 0 Å². The largest absolute Gasteiger partial charge is 0.356 e. The van der Waals surface area contributed by atoms with Crippen LogP contribution in [0.1, 0.15) is 0 Å². The highest BCUT2D eigenvalue weighted by molar-refractivity contribution is 5.52. The van der Waals surface area contributed by atoms with Gasteiger partial charge in [0.05, 0.1) is 6.54 Å². The maximum Gasteiger partial charge on any atom is 0.180 e. The van der Waals surface area contributed by atoms with Gasteiger partial charge in [-0.2, -0.15) is 4.39 Å². The molecule has 1 N–H and O–H groups in total. The van der Waals surface area contributed by atoms with Gasteiger partial charge >= 0.3 is 0 Å². The molecule has 0 aliphatic carbocycles. The first-order valence-corrected chi connectivity index (χ1v) is 1.79. The third-order valence-corrected chi connectivity index (χ3v) is 0.377. The lowest BCUT2D eigenvalue weighted by molar-refractivity contribution is -0.107. The van der Waals surface area contributed by atoms with Crippen molar-refractivity contribution in [1.82, 2.24) is 5.32 Å². The van der Waals surface area contributed by atoms with Crippen LogP contribution < -0.4 is 5.32 Å². The van der Waals surface area contributed by atoms with Crippen molar-refractivity contribution in [3.63, 3.8) is 0 Å². The van der Waals surface area contributed by atoms with Gasteiger partial charge in [-0.25, -0.2) is 0 Å². The molecule has 0 aromatic carbocycles. The van der Waals surface area contributed by atoms with Crippen molar-refractivity contribution in [3.05, 3.63) is 12.5 Å². The van der Waals surface area contributed by atoms with Crippen molar-refractivity contribution < 1.29 is 9.18 Å². The number of rotatable bonds is 3. The fraction of sp³-hybridized carbons (Fsp3) is 0.250. The quantitative estimate of drug-likeness (QED) is 0.409. The summed E-state index contributed by atoms with van der Waals surface area (Å²) in [6.07, 6.45) is 0.560. The molecule has 0 unspecified atom stereocenters. The van der Waals surface area contributed by atoms with Crippen LogP contribution in [0.2, 0.25) is 0 Å². The molecule has 2 nitrogen and oxygen atoms in total. The fourth-order valence-corrected chi connectivity index (χ4v) is 0.152. The molecule has 0 spiro atoms. The Hall–Kier alpha value is -0.860. The van der Waals surface area contributed by atoms with Crippen LogP contribution in [-0.4, -0.2) is 12.8 Å². The number of hydrogen-bond acceptors (Lipinski definition) is 2. The van der Waals surface area contributed by atoms with Crippen molar-refractivity contribution in [2.24, 2.45) is 0 Å². The summed E-state index contributed by atoms with van der Waals surface area (Å²) in [4.78, 5) is 9.44. The molecule has 0 aromatic heterocycles. The molecule has 0 aliphatic heterocycles. The van der Waals surface area contributed by atoms with Gasteiger partial charge in [-0.1, -0.05) is 0 Å². The van der Waals surface area contributed by atoms with Crippen LogP contribution in [0, 0.1) is 0 Å². The molecule has 40 valence electrons. The summed E-state index contributed by atoms with van der Waals surface area (Å²) in [6.45, 7) is 2.85. The molecule has 0 amide bonds. The van der Waals surface area contributed by atoms with Crippen LogP contribution in [0.4, 0.5) is 4.39 Å². The highest BCUT2D eigenvalue weighted by Gasteiger charge is 1.80. The monoisotopic (exact) mass is 103 g/mol. The zero-order valence-corrected chi connectivity index (χ0v) is 3.78. The van der Waals surface area contributed by atoms with Crippen molar-refractivity contribution in [1.29, 1.82) is 0 Å². The topological polar surface area (TPSA) is 29.1 Å². The van der Waals surface area contributed by atoms with Crippen molar-refractivity contribution in [2.75, 3.05) is 6.54 Å². The number of halogens is 1. The van der Waals surface area contributed by atoms with Crippen molar-refractivity contribution in [2.45, 2.75) is 0 Å². The van der Waals surface area contributed by atoms with E-state index in [9.17, 15) is 9.18 Å². The molecule has 0 bridgehead atoms. The predicted molar refractivity (Wildman–Crippen MR) is 24.3 cm³/mol. The average Bonchev–Trinajstić information content (AvgIpc) is 1.61. The molecule has 0 saturated heterocycles. The van der Waals surface area contributed by atoms with E-state index < -0.39 is 5.95 Å². The van der Waals surface area contributed by atoms with Crippen LogP contribution in [0.3, 0.4) is 0 Å². The zero-order chi connectivity index (χ0) is 5.70. The van der Waals surface area contributed by atoms with Crippen LogP contribution in [0.25, 0.3) is 0 Å². The van der Waals surface area contributed by atoms with E-state index in [1.165, 1.54) is 0 Å². The summed E-state index contributed by atoms with van der Waals surface area (Å²) in [6, 6.07) is 0. The first-order valence-electron chi connectivity index (χ1n) is 1.79. The Kier molecular flexibility index (Phi) is 2.92. The minimum Gasteiger partial charge on any atom is -0.356 e. The molecule has 0 fully saturated rings. The van der Waals surface area contributed by atoms with Crippen LogP contribution in [-0.2, 0) is 4.79 Å². The molecule has 0 aliphatic rings. The average molecular weight is 103 g/mol. The number of hydrogen-bond donors (Lipinski definition) is 1. The Bertz CT molecular complexity index is 81.8. The van der Waals surface area contributed by atoms with Gasteiger partial charge in [0.25, 0.3) is 0 Å².